The average molecular weight is 240 g/mol. The van der Waals surface area contributed by atoms with Gasteiger partial charge in [0, 0.05) is 32.0 Å². The highest BCUT2D eigenvalue weighted by atomic mass is 16.3. The zero-order valence-electron chi connectivity index (χ0n) is 10.3. The Kier molecular flexibility index (Phi) is 5.69. The fraction of sp³-hybridized carbons (Fsp3) is 0.667. The number of aliphatic hydroxyl groups is 1. The molecule has 96 valence electrons. The van der Waals surface area contributed by atoms with Gasteiger partial charge in [-0.2, -0.15) is 0 Å². The molecule has 1 heterocycles. The van der Waals surface area contributed by atoms with Gasteiger partial charge < -0.3 is 9.67 Å². The second-order valence-corrected chi connectivity index (χ2v) is 4.01. The van der Waals surface area contributed by atoms with Gasteiger partial charge in [-0.1, -0.05) is 12.8 Å². The molecule has 5 nitrogen and oxygen atoms in total. The quantitative estimate of drug-likeness (QED) is 0.709. The van der Waals surface area contributed by atoms with E-state index in [1.807, 2.05) is 6.92 Å². The number of rotatable bonds is 7. The first-order chi connectivity index (χ1) is 8.20. The maximum Gasteiger partial charge on any atom is 0.330 e. The molecule has 1 N–H and O–H groups in total. The molecular formula is C12H20N2O3. The summed E-state index contributed by atoms with van der Waals surface area (Å²) in [7, 11) is 0. The van der Waals surface area contributed by atoms with Crippen LogP contribution in [-0.4, -0.2) is 20.8 Å². The summed E-state index contributed by atoms with van der Waals surface area (Å²) >= 11 is 0. The summed E-state index contributed by atoms with van der Waals surface area (Å²) in [4.78, 5) is 23.4. The van der Waals surface area contributed by atoms with Crippen LogP contribution >= 0.6 is 0 Å². The summed E-state index contributed by atoms with van der Waals surface area (Å²) in [6.07, 6.45) is 4.96. The van der Waals surface area contributed by atoms with Gasteiger partial charge in [0.1, 0.15) is 0 Å². The van der Waals surface area contributed by atoms with Crippen LogP contribution in [0, 0.1) is 0 Å². The largest absolute Gasteiger partial charge is 0.396 e. The Balaban J connectivity index is 2.64. The zero-order valence-corrected chi connectivity index (χ0v) is 10.3. The maximum absolute atomic E-state index is 11.8. The Morgan fingerprint density at radius 3 is 2.53 bits per heavy atom. The minimum absolute atomic E-state index is 0.202. The van der Waals surface area contributed by atoms with Gasteiger partial charge >= 0.3 is 5.69 Å². The standard InChI is InChI=1S/C12H20N2O3/c1-2-13-9-7-11(16)14(12(13)17)8-5-3-4-6-10-15/h7,9,15H,2-6,8,10H2,1H3. The lowest BCUT2D eigenvalue weighted by Gasteiger charge is -2.07. The van der Waals surface area contributed by atoms with E-state index in [9.17, 15) is 9.59 Å². The van der Waals surface area contributed by atoms with E-state index < -0.39 is 0 Å². The molecule has 1 aromatic rings. The first-order valence-corrected chi connectivity index (χ1v) is 6.12. The van der Waals surface area contributed by atoms with Gasteiger partial charge in [0.25, 0.3) is 5.56 Å². The SMILES string of the molecule is CCn1ccc(=O)n(CCCCCCO)c1=O. The normalized spacial score (nSPS) is 10.7. The van der Waals surface area contributed by atoms with Crippen molar-refractivity contribution in [3.8, 4) is 0 Å². The number of aryl methyl sites for hydroxylation is 1. The van der Waals surface area contributed by atoms with Crippen LogP contribution < -0.4 is 11.2 Å². The molecule has 0 unspecified atom stereocenters. The molecule has 0 amide bonds. The Labute approximate surface area is 100 Å². The predicted octanol–water partition coefficient (Wildman–Crippen LogP) is 0.583. The Morgan fingerprint density at radius 1 is 1.18 bits per heavy atom. The number of hydrogen-bond acceptors (Lipinski definition) is 3. The summed E-state index contributed by atoms with van der Waals surface area (Å²) in [5, 5.41) is 8.63. The van der Waals surface area contributed by atoms with E-state index in [1.54, 1.807) is 0 Å². The molecule has 0 bridgehead atoms. The fourth-order valence-corrected chi connectivity index (χ4v) is 1.74. The minimum atomic E-state index is -0.234. The summed E-state index contributed by atoms with van der Waals surface area (Å²) in [5.41, 5.74) is -0.469. The average Bonchev–Trinajstić information content (AvgIpc) is 2.33. The van der Waals surface area contributed by atoms with Gasteiger partial charge in [0.15, 0.2) is 0 Å². The van der Waals surface area contributed by atoms with Crippen LogP contribution in [0.3, 0.4) is 0 Å². The van der Waals surface area contributed by atoms with Crippen molar-refractivity contribution in [3.63, 3.8) is 0 Å². The van der Waals surface area contributed by atoms with Crippen LogP contribution in [0.2, 0.25) is 0 Å². The topological polar surface area (TPSA) is 64.2 Å². The highest BCUT2D eigenvalue weighted by molar-refractivity contribution is 4.86. The Bertz CT molecular complexity index is 448. The van der Waals surface area contributed by atoms with Crippen molar-refractivity contribution in [1.82, 2.24) is 9.13 Å². The molecule has 1 aromatic heterocycles. The van der Waals surface area contributed by atoms with Gasteiger partial charge in [-0.25, -0.2) is 4.79 Å². The Hall–Kier alpha value is -1.36. The lowest BCUT2D eigenvalue weighted by Crippen LogP contribution is -2.38. The molecule has 0 aromatic carbocycles. The van der Waals surface area contributed by atoms with Gasteiger partial charge in [0.2, 0.25) is 0 Å². The summed E-state index contributed by atoms with van der Waals surface area (Å²) in [6.45, 7) is 3.11. The van der Waals surface area contributed by atoms with Crippen molar-refractivity contribution < 1.29 is 5.11 Å². The molecule has 0 saturated heterocycles. The highest BCUT2D eigenvalue weighted by Gasteiger charge is 2.03. The third-order valence-corrected chi connectivity index (χ3v) is 2.77. The van der Waals surface area contributed by atoms with Crippen LogP contribution in [0.5, 0.6) is 0 Å². The van der Waals surface area contributed by atoms with Crippen molar-refractivity contribution in [2.45, 2.75) is 45.7 Å². The van der Waals surface area contributed by atoms with Crippen molar-refractivity contribution in [3.05, 3.63) is 33.1 Å². The first kappa shape index (κ1) is 13.7. The molecule has 1 rings (SSSR count). The molecule has 0 spiro atoms. The predicted molar refractivity (Wildman–Crippen MR) is 66.2 cm³/mol. The van der Waals surface area contributed by atoms with Crippen molar-refractivity contribution in [2.75, 3.05) is 6.61 Å². The molecular weight excluding hydrogens is 220 g/mol. The number of aromatic nitrogens is 2. The van der Waals surface area contributed by atoms with Crippen molar-refractivity contribution >= 4 is 0 Å². The maximum atomic E-state index is 11.8. The van der Waals surface area contributed by atoms with Crippen molar-refractivity contribution in [1.29, 1.82) is 0 Å². The van der Waals surface area contributed by atoms with Crippen LogP contribution in [0.1, 0.15) is 32.6 Å². The van der Waals surface area contributed by atoms with E-state index in [1.165, 1.54) is 21.4 Å². The first-order valence-electron chi connectivity index (χ1n) is 6.12. The Morgan fingerprint density at radius 2 is 1.88 bits per heavy atom. The minimum Gasteiger partial charge on any atom is -0.396 e. The molecule has 0 saturated carbocycles. The molecule has 0 fully saturated rings. The monoisotopic (exact) mass is 240 g/mol. The number of aliphatic hydroxyl groups excluding tert-OH is 1. The lowest BCUT2D eigenvalue weighted by atomic mass is 10.2. The van der Waals surface area contributed by atoms with Gasteiger partial charge in [-0.3, -0.25) is 9.36 Å². The van der Waals surface area contributed by atoms with Crippen molar-refractivity contribution in [2.24, 2.45) is 0 Å². The fourth-order valence-electron chi connectivity index (χ4n) is 1.74. The molecule has 0 atom stereocenters. The molecule has 5 heteroatoms. The van der Waals surface area contributed by atoms with Crippen LogP contribution in [0.15, 0.2) is 21.9 Å². The summed E-state index contributed by atoms with van der Waals surface area (Å²) in [6, 6.07) is 1.43. The molecule has 0 aliphatic carbocycles. The molecule has 17 heavy (non-hydrogen) atoms. The second-order valence-electron chi connectivity index (χ2n) is 4.01. The van der Waals surface area contributed by atoms with Gasteiger partial charge in [-0.05, 0) is 19.8 Å². The molecule has 0 aliphatic rings. The van der Waals surface area contributed by atoms with Crippen LogP contribution in [0.25, 0.3) is 0 Å². The van der Waals surface area contributed by atoms with E-state index >= 15 is 0 Å². The van der Waals surface area contributed by atoms with Gasteiger partial charge in [-0.15, -0.1) is 0 Å². The van der Waals surface area contributed by atoms with E-state index in [-0.39, 0.29) is 17.9 Å². The molecule has 0 aliphatic heterocycles. The number of hydrogen-bond donors (Lipinski definition) is 1. The summed E-state index contributed by atoms with van der Waals surface area (Å²) in [5.74, 6) is 0. The van der Waals surface area contributed by atoms with E-state index in [2.05, 4.69) is 0 Å². The lowest BCUT2D eigenvalue weighted by molar-refractivity contribution is 0.282. The third-order valence-electron chi connectivity index (χ3n) is 2.77. The van der Waals surface area contributed by atoms with E-state index in [0.717, 1.165) is 25.7 Å². The van der Waals surface area contributed by atoms with E-state index in [4.69, 9.17) is 5.11 Å². The van der Waals surface area contributed by atoms with Crippen LogP contribution in [-0.2, 0) is 13.1 Å². The van der Waals surface area contributed by atoms with Gasteiger partial charge in [0.05, 0.1) is 0 Å². The highest BCUT2D eigenvalue weighted by Crippen LogP contribution is 1.99. The number of unbranched alkanes of at least 4 members (excludes halogenated alkanes) is 3. The third kappa shape index (κ3) is 3.85. The zero-order chi connectivity index (χ0) is 12.7. The smallest absolute Gasteiger partial charge is 0.330 e. The van der Waals surface area contributed by atoms with E-state index in [0.29, 0.717) is 13.1 Å². The molecule has 0 radical (unpaired) electrons. The summed E-state index contributed by atoms with van der Waals surface area (Å²) < 4.78 is 2.80. The number of nitrogens with zero attached hydrogens (tertiary/aromatic N) is 2. The second kappa shape index (κ2) is 7.06. The van der Waals surface area contributed by atoms with Crippen LogP contribution in [0.4, 0.5) is 0 Å².